The van der Waals surface area contributed by atoms with Crippen LogP contribution in [0.2, 0.25) is 0 Å². The molecule has 0 aliphatic heterocycles. The van der Waals surface area contributed by atoms with Crippen LogP contribution in [0, 0.1) is 18.6 Å². The van der Waals surface area contributed by atoms with Gasteiger partial charge in [0.15, 0.2) is 11.6 Å². The van der Waals surface area contributed by atoms with E-state index in [1.165, 1.54) is 54.5 Å². The monoisotopic (exact) mass is 511 g/mol. The molecule has 0 spiro atoms. The minimum atomic E-state index is -3.94. The van der Waals surface area contributed by atoms with Gasteiger partial charge in [-0.15, -0.1) is 11.8 Å². The Labute approximate surface area is 204 Å². The minimum absolute atomic E-state index is 0.0716. The third-order valence-electron chi connectivity index (χ3n) is 5.55. The maximum Gasteiger partial charge on any atom is 0.268 e. The van der Waals surface area contributed by atoms with Crippen LogP contribution in [0.15, 0.2) is 82.8 Å². The van der Waals surface area contributed by atoms with Crippen LogP contribution in [0.4, 0.5) is 8.78 Å². The van der Waals surface area contributed by atoms with Crippen LogP contribution in [0.3, 0.4) is 0 Å². The third-order valence-corrected chi connectivity index (χ3v) is 8.07. The molecule has 0 bridgehead atoms. The smallest absolute Gasteiger partial charge is 0.268 e. The van der Waals surface area contributed by atoms with Crippen LogP contribution < -0.4 is 4.74 Å². The maximum absolute atomic E-state index is 15.4. The molecule has 1 N–H and O–H groups in total. The highest BCUT2D eigenvalue weighted by atomic mass is 32.2. The number of thioether (sulfide) groups is 1. The lowest BCUT2D eigenvalue weighted by Crippen LogP contribution is -2.12. The number of rotatable bonds is 6. The molecule has 0 atom stereocenters. The molecular weight excluding hydrogens is 492 g/mol. The van der Waals surface area contributed by atoms with Crippen molar-refractivity contribution in [3.8, 4) is 22.8 Å². The van der Waals surface area contributed by atoms with Gasteiger partial charge in [0, 0.05) is 29.4 Å². The van der Waals surface area contributed by atoms with E-state index in [2.05, 4.69) is 10.2 Å². The molecule has 0 aliphatic rings. The molecule has 0 fully saturated rings. The molecule has 0 radical (unpaired) electrons. The lowest BCUT2D eigenvalue weighted by Gasteiger charge is -2.14. The first-order chi connectivity index (χ1) is 16.8. The van der Waals surface area contributed by atoms with E-state index in [4.69, 9.17) is 4.74 Å². The molecular formula is C25H19F2N3O3S2. The van der Waals surface area contributed by atoms with Gasteiger partial charge in [0.1, 0.15) is 11.6 Å². The summed E-state index contributed by atoms with van der Waals surface area (Å²) in [5.74, 6) is -1.08. The van der Waals surface area contributed by atoms with Gasteiger partial charge in [-0.2, -0.15) is 5.10 Å². The van der Waals surface area contributed by atoms with Gasteiger partial charge in [-0.25, -0.2) is 21.2 Å². The first-order valence-corrected chi connectivity index (χ1v) is 13.1. The van der Waals surface area contributed by atoms with Crippen LogP contribution in [0.5, 0.6) is 11.5 Å². The van der Waals surface area contributed by atoms with E-state index in [-0.39, 0.29) is 27.5 Å². The number of nitrogens with one attached hydrogen (secondary N) is 1. The van der Waals surface area contributed by atoms with E-state index in [1.807, 2.05) is 6.92 Å². The summed E-state index contributed by atoms with van der Waals surface area (Å²) in [7, 11) is -3.94. The molecule has 5 aromatic rings. The number of aromatic nitrogens is 3. The SMILES string of the molecule is CSc1c(Oc2ccc(F)c(-c3ccn[nH]3)c2)c(F)cc2c1ccn2S(=O)(=O)c1ccc(C)cc1. The second-order valence-electron chi connectivity index (χ2n) is 7.80. The quantitative estimate of drug-likeness (QED) is 0.268. The standard InChI is InChI=1S/C25H19F2N3O3S2/c1-15-3-6-17(7-4-15)35(31,32)30-12-10-18-23(30)14-21(27)24(25(18)34-2)33-16-5-8-20(26)19(13-16)22-9-11-28-29-22/h3-14H,1-2H3,(H,28,29). The largest absolute Gasteiger partial charge is 0.453 e. The fourth-order valence-corrected chi connectivity index (χ4v) is 5.86. The van der Waals surface area contributed by atoms with E-state index in [9.17, 15) is 12.8 Å². The molecule has 0 aliphatic carbocycles. The van der Waals surface area contributed by atoms with Crippen molar-refractivity contribution in [2.75, 3.05) is 6.26 Å². The Morgan fingerprint density at radius 1 is 1.00 bits per heavy atom. The van der Waals surface area contributed by atoms with E-state index in [1.54, 1.807) is 30.5 Å². The topological polar surface area (TPSA) is 77.0 Å². The summed E-state index contributed by atoms with van der Waals surface area (Å²) in [6.45, 7) is 1.86. The zero-order valence-electron chi connectivity index (χ0n) is 18.6. The summed E-state index contributed by atoms with van der Waals surface area (Å²) in [6, 6.07) is 14.9. The molecule has 6 nitrogen and oxygen atoms in total. The van der Waals surface area contributed by atoms with Crippen LogP contribution in [-0.4, -0.2) is 28.8 Å². The first-order valence-electron chi connectivity index (χ1n) is 10.5. The van der Waals surface area contributed by atoms with E-state index < -0.39 is 21.7 Å². The summed E-state index contributed by atoms with van der Waals surface area (Å²) >= 11 is 1.22. The Bertz CT molecular complexity index is 1650. The number of ether oxygens (including phenoxy) is 1. The molecule has 5 rings (SSSR count). The highest BCUT2D eigenvalue weighted by Gasteiger charge is 2.24. The maximum atomic E-state index is 15.4. The summed E-state index contributed by atoms with van der Waals surface area (Å²) in [5, 5.41) is 7.04. The number of aryl methyl sites for hydroxylation is 1. The van der Waals surface area contributed by atoms with Crippen LogP contribution >= 0.6 is 11.8 Å². The van der Waals surface area contributed by atoms with Gasteiger partial charge in [0.05, 0.1) is 21.0 Å². The van der Waals surface area contributed by atoms with Gasteiger partial charge >= 0.3 is 0 Å². The number of H-pyrrole nitrogens is 1. The highest BCUT2D eigenvalue weighted by Crippen LogP contribution is 2.41. The third kappa shape index (κ3) is 4.08. The molecule has 0 saturated heterocycles. The molecule has 35 heavy (non-hydrogen) atoms. The molecule has 0 saturated carbocycles. The Hall–Kier alpha value is -3.63. The van der Waals surface area contributed by atoms with Gasteiger partial charge in [-0.3, -0.25) is 5.10 Å². The molecule has 3 aromatic carbocycles. The van der Waals surface area contributed by atoms with Crippen molar-refractivity contribution >= 4 is 32.7 Å². The van der Waals surface area contributed by atoms with Gasteiger partial charge in [-0.1, -0.05) is 17.7 Å². The zero-order chi connectivity index (χ0) is 24.7. The minimum Gasteiger partial charge on any atom is -0.453 e. The molecule has 2 heterocycles. The predicted octanol–water partition coefficient (Wildman–Crippen LogP) is 6.37. The number of hydrogen-bond acceptors (Lipinski definition) is 5. The summed E-state index contributed by atoms with van der Waals surface area (Å²) in [4.78, 5) is 0.523. The fourth-order valence-electron chi connectivity index (χ4n) is 3.81. The second kappa shape index (κ2) is 8.86. The average molecular weight is 512 g/mol. The number of halogens is 2. The highest BCUT2D eigenvalue weighted by molar-refractivity contribution is 7.99. The number of fused-ring (bicyclic) bond motifs is 1. The van der Waals surface area contributed by atoms with Crippen LogP contribution in [0.1, 0.15) is 5.56 Å². The molecule has 10 heteroatoms. The number of benzene rings is 3. The molecule has 0 amide bonds. The normalized spacial score (nSPS) is 11.8. The lowest BCUT2D eigenvalue weighted by atomic mass is 10.1. The van der Waals surface area contributed by atoms with Gasteiger partial charge < -0.3 is 4.74 Å². The average Bonchev–Trinajstić information content (AvgIpc) is 3.51. The summed E-state index contributed by atoms with van der Waals surface area (Å²) in [6.07, 6.45) is 4.64. The summed E-state index contributed by atoms with van der Waals surface area (Å²) < 4.78 is 63.1. The number of hydrogen-bond donors (Lipinski definition) is 1. The van der Waals surface area contributed by atoms with Crippen LogP contribution in [0.25, 0.3) is 22.2 Å². The first kappa shape index (κ1) is 23.1. The molecule has 0 unspecified atom stereocenters. The van der Waals surface area contributed by atoms with E-state index in [0.717, 1.165) is 15.6 Å². The number of nitrogens with zero attached hydrogens (tertiary/aromatic N) is 2. The van der Waals surface area contributed by atoms with Crippen molar-refractivity contribution in [3.05, 3.63) is 90.3 Å². The Balaban J connectivity index is 1.60. The fraction of sp³-hybridized carbons (Fsp3) is 0.0800. The van der Waals surface area contributed by atoms with Crippen molar-refractivity contribution < 1.29 is 21.9 Å². The van der Waals surface area contributed by atoms with Gasteiger partial charge in [-0.05, 0) is 55.6 Å². The Morgan fingerprint density at radius 3 is 2.46 bits per heavy atom. The number of aromatic amines is 1. The summed E-state index contributed by atoms with van der Waals surface area (Å²) in [5.41, 5.74) is 1.79. The van der Waals surface area contributed by atoms with Crippen molar-refractivity contribution in [2.24, 2.45) is 0 Å². The van der Waals surface area contributed by atoms with Crippen molar-refractivity contribution in [2.45, 2.75) is 16.7 Å². The van der Waals surface area contributed by atoms with E-state index in [0.29, 0.717) is 16.0 Å². The van der Waals surface area contributed by atoms with Gasteiger partial charge in [0.25, 0.3) is 10.0 Å². The van der Waals surface area contributed by atoms with Crippen LogP contribution in [-0.2, 0) is 10.0 Å². The Kier molecular flexibility index (Phi) is 5.86. The molecule has 2 aromatic heterocycles. The lowest BCUT2D eigenvalue weighted by molar-refractivity contribution is 0.432. The van der Waals surface area contributed by atoms with Crippen molar-refractivity contribution in [1.82, 2.24) is 14.2 Å². The Morgan fingerprint density at radius 2 is 1.77 bits per heavy atom. The van der Waals surface area contributed by atoms with E-state index >= 15 is 4.39 Å². The predicted molar refractivity (Wildman–Crippen MR) is 131 cm³/mol. The van der Waals surface area contributed by atoms with Gasteiger partial charge in [0.2, 0.25) is 0 Å². The zero-order valence-corrected chi connectivity index (χ0v) is 20.3. The molecule has 178 valence electrons. The van der Waals surface area contributed by atoms with Crippen molar-refractivity contribution in [1.29, 1.82) is 0 Å². The van der Waals surface area contributed by atoms with Crippen molar-refractivity contribution in [3.63, 3.8) is 0 Å². The second-order valence-corrected chi connectivity index (χ2v) is 10.4.